The van der Waals surface area contributed by atoms with Crippen LogP contribution in [-0.2, 0) is 0 Å². The van der Waals surface area contributed by atoms with Gasteiger partial charge in [-0.25, -0.2) is 0 Å². The van der Waals surface area contributed by atoms with Crippen LogP contribution in [0.4, 0.5) is 0 Å². The van der Waals surface area contributed by atoms with Gasteiger partial charge in [0.1, 0.15) is 0 Å². The van der Waals surface area contributed by atoms with E-state index >= 15 is 0 Å². The third-order valence-electron chi connectivity index (χ3n) is 1.69. The van der Waals surface area contributed by atoms with E-state index in [1.165, 1.54) is 0 Å². The highest BCUT2D eigenvalue weighted by Gasteiger charge is 1.89. The highest BCUT2D eigenvalue weighted by molar-refractivity contribution is 7.67. The number of rotatable bonds is 6. The van der Waals surface area contributed by atoms with Crippen molar-refractivity contribution in [2.24, 2.45) is 0 Å². The van der Waals surface area contributed by atoms with Crippen molar-refractivity contribution in [1.82, 2.24) is 0 Å². The standard InChI is InChI=1S/C15H21P/c1-4-7-10-13-16(14-11-8-5-2)15-12-9-6-3/h4-15H,1-3H3. The Morgan fingerprint density at radius 1 is 0.500 bits per heavy atom. The van der Waals surface area contributed by atoms with Crippen LogP contribution >= 0.6 is 7.92 Å². The average Bonchev–Trinajstić information content (AvgIpc) is 2.29. The maximum atomic E-state index is 2.23. The van der Waals surface area contributed by atoms with Gasteiger partial charge in [0.2, 0.25) is 0 Å². The predicted octanol–water partition coefficient (Wildman–Crippen LogP) is 5.74. The molecule has 86 valence electrons. The molecule has 0 bridgehead atoms. The molecule has 0 fully saturated rings. The second kappa shape index (κ2) is 11.9. The molecule has 0 heterocycles. The van der Waals surface area contributed by atoms with Crippen molar-refractivity contribution in [1.29, 1.82) is 0 Å². The normalized spacial score (nSPS) is 15.9. The number of hydrogen-bond donors (Lipinski definition) is 0. The van der Waals surface area contributed by atoms with E-state index < -0.39 is 0 Å². The molecule has 0 nitrogen and oxygen atoms in total. The van der Waals surface area contributed by atoms with Crippen molar-refractivity contribution in [2.75, 3.05) is 0 Å². The van der Waals surface area contributed by atoms with Crippen LogP contribution in [-0.4, -0.2) is 0 Å². The smallest absolute Gasteiger partial charge is 0.0358 e. The van der Waals surface area contributed by atoms with E-state index in [9.17, 15) is 0 Å². The van der Waals surface area contributed by atoms with Gasteiger partial charge in [-0.3, -0.25) is 0 Å². The fraction of sp³-hybridized carbons (Fsp3) is 0.200. The summed E-state index contributed by atoms with van der Waals surface area (Å²) in [4.78, 5) is 0. The fourth-order valence-electron chi connectivity index (χ4n) is 0.930. The zero-order valence-corrected chi connectivity index (χ0v) is 11.3. The van der Waals surface area contributed by atoms with Gasteiger partial charge in [-0.2, -0.15) is 0 Å². The van der Waals surface area contributed by atoms with Gasteiger partial charge >= 0.3 is 0 Å². The molecule has 0 rings (SSSR count). The van der Waals surface area contributed by atoms with E-state index in [4.69, 9.17) is 0 Å². The van der Waals surface area contributed by atoms with Crippen LogP contribution in [0.5, 0.6) is 0 Å². The van der Waals surface area contributed by atoms with E-state index in [-0.39, 0.29) is 7.92 Å². The molecule has 0 radical (unpaired) electrons. The number of hydrogen-bond acceptors (Lipinski definition) is 0. The van der Waals surface area contributed by atoms with Crippen molar-refractivity contribution < 1.29 is 0 Å². The van der Waals surface area contributed by atoms with Crippen molar-refractivity contribution in [3.8, 4) is 0 Å². The Kier molecular flexibility index (Phi) is 11.1. The first-order valence-corrected chi connectivity index (χ1v) is 7.06. The van der Waals surface area contributed by atoms with Gasteiger partial charge in [-0.05, 0) is 28.7 Å². The third-order valence-corrected chi connectivity index (χ3v) is 3.23. The highest BCUT2D eigenvalue weighted by Crippen LogP contribution is 2.40. The summed E-state index contributed by atoms with van der Waals surface area (Å²) >= 11 is 0. The molecule has 0 N–H and O–H groups in total. The van der Waals surface area contributed by atoms with E-state index in [1.54, 1.807) is 0 Å². The minimum Gasteiger partial charge on any atom is -0.0877 e. The molecule has 0 spiro atoms. The lowest BCUT2D eigenvalue weighted by molar-refractivity contribution is 1.73. The molecule has 0 aliphatic rings. The molecule has 0 aromatic carbocycles. The summed E-state index contributed by atoms with van der Waals surface area (Å²) in [6.07, 6.45) is 18.6. The van der Waals surface area contributed by atoms with Crippen LogP contribution in [0.3, 0.4) is 0 Å². The van der Waals surface area contributed by atoms with Crippen LogP contribution in [0, 0.1) is 0 Å². The summed E-state index contributed by atoms with van der Waals surface area (Å²) < 4.78 is 0. The molecule has 0 saturated carbocycles. The predicted molar refractivity (Wildman–Crippen MR) is 78.8 cm³/mol. The first-order chi connectivity index (χ1) is 7.85. The van der Waals surface area contributed by atoms with Crippen molar-refractivity contribution in [2.45, 2.75) is 20.8 Å². The largest absolute Gasteiger partial charge is 0.0877 e. The summed E-state index contributed by atoms with van der Waals surface area (Å²) in [6.45, 7) is 6.08. The van der Waals surface area contributed by atoms with E-state index in [1.807, 2.05) is 39.0 Å². The minimum atomic E-state index is -0.291. The third kappa shape index (κ3) is 9.43. The molecule has 0 aliphatic heterocycles. The topological polar surface area (TPSA) is 0 Å². The zero-order valence-electron chi connectivity index (χ0n) is 10.4. The van der Waals surface area contributed by atoms with Crippen molar-refractivity contribution in [3.05, 3.63) is 72.1 Å². The second-order valence-corrected chi connectivity index (χ2v) is 4.84. The number of allylic oxidation sites excluding steroid dienone is 9. The van der Waals surface area contributed by atoms with Crippen LogP contribution in [0.2, 0.25) is 0 Å². The zero-order chi connectivity index (χ0) is 12.1. The Morgan fingerprint density at radius 3 is 1.06 bits per heavy atom. The Morgan fingerprint density at radius 2 is 0.812 bits per heavy atom. The first-order valence-electron chi connectivity index (χ1n) is 5.51. The molecular weight excluding hydrogens is 211 g/mol. The molecule has 0 aromatic rings. The summed E-state index contributed by atoms with van der Waals surface area (Å²) in [5.74, 6) is 6.69. The van der Waals surface area contributed by atoms with Crippen LogP contribution < -0.4 is 0 Å². The van der Waals surface area contributed by atoms with Crippen molar-refractivity contribution >= 4 is 7.92 Å². The molecule has 0 aliphatic carbocycles. The molecule has 16 heavy (non-hydrogen) atoms. The second-order valence-electron chi connectivity index (χ2n) is 3.05. The Bertz CT molecular complexity index is 262. The van der Waals surface area contributed by atoms with Crippen LogP contribution in [0.1, 0.15) is 20.8 Å². The van der Waals surface area contributed by atoms with Gasteiger partial charge in [-0.1, -0.05) is 72.1 Å². The Hall–Kier alpha value is -1.13. The molecule has 1 heteroatoms. The van der Waals surface area contributed by atoms with Gasteiger partial charge in [-0.15, -0.1) is 0 Å². The lowest BCUT2D eigenvalue weighted by Gasteiger charge is -1.98. The summed E-state index contributed by atoms with van der Waals surface area (Å²) in [6, 6.07) is 0. The van der Waals surface area contributed by atoms with E-state index in [0.717, 1.165) is 0 Å². The average molecular weight is 232 g/mol. The highest BCUT2D eigenvalue weighted by atomic mass is 31.1. The Labute approximate surface area is 101 Å². The minimum absolute atomic E-state index is 0.291. The van der Waals surface area contributed by atoms with Crippen LogP contribution in [0.25, 0.3) is 0 Å². The quantitative estimate of drug-likeness (QED) is 0.404. The molecule has 0 unspecified atom stereocenters. The lowest BCUT2D eigenvalue weighted by atomic mass is 10.5. The summed E-state index contributed by atoms with van der Waals surface area (Å²) in [7, 11) is -0.291. The first kappa shape index (κ1) is 14.9. The van der Waals surface area contributed by atoms with Gasteiger partial charge < -0.3 is 0 Å². The maximum Gasteiger partial charge on any atom is -0.0358 e. The van der Waals surface area contributed by atoms with Gasteiger partial charge in [0.25, 0.3) is 0 Å². The summed E-state index contributed by atoms with van der Waals surface area (Å²) in [5, 5.41) is 0. The van der Waals surface area contributed by atoms with Gasteiger partial charge in [0, 0.05) is 0 Å². The monoisotopic (exact) mass is 232 g/mol. The maximum absolute atomic E-state index is 2.23. The lowest BCUT2D eigenvalue weighted by Crippen LogP contribution is -1.58. The summed E-state index contributed by atoms with van der Waals surface area (Å²) in [5.41, 5.74) is 0. The van der Waals surface area contributed by atoms with Gasteiger partial charge in [0.05, 0.1) is 0 Å². The van der Waals surface area contributed by atoms with Crippen molar-refractivity contribution in [3.63, 3.8) is 0 Å². The van der Waals surface area contributed by atoms with E-state index in [2.05, 4.69) is 53.9 Å². The molecular formula is C15H21P. The SMILES string of the molecule is CC=CC=CP(C=CC=CC)C=CC=CC. The molecule has 0 saturated heterocycles. The van der Waals surface area contributed by atoms with Crippen LogP contribution in [0.15, 0.2) is 72.1 Å². The molecule has 0 atom stereocenters. The van der Waals surface area contributed by atoms with E-state index in [0.29, 0.717) is 0 Å². The fourth-order valence-corrected chi connectivity index (χ4v) is 2.12. The Balaban J connectivity index is 4.49. The van der Waals surface area contributed by atoms with Gasteiger partial charge in [0.15, 0.2) is 0 Å². The molecule has 0 aromatic heterocycles. The molecule has 0 amide bonds.